The average molecular weight is 647 g/mol. The number of amides is 4. The highest BCUT2D eigenvalue weighted by Gasteiger charge is 2.34. The molecule has 0 aliphatic rings. The van der Waals surface area contributed by atoms with Crippen molar-refractivity contribution in [3.05, 3.63) is 84.1 Å². The van der Waals surface area contributed by atoms with Gasteiger partial charge in [0.2, 0.25) is 11.8 Å². The maximum Gasteiger partial charge on any atom is 0.408 e. The Bertz CT molecular complexity index is 1560. The van der Waals surface area contributed by atoms with Crippen molar-refractivity contribution in [3.8, 4) is 0 Å². The van der Waals surface area contributed by atoms with Crippen LogP contribution in [0.25, 0.3) is 10.9 Å². The van der Waals surface area contributed by atoms with Crippen LogP contribution >= 0.6 is 0 Å². The van der Waals surface area contributed by atoms with Gasteiger partial charge in [0, 0.05) is 63.7 Å². The lowest BCUT2D eigenvalue weighted by atomic mass is 10.00. The molecule has 0 aliphatic heterocycles. The van der Waals surface area contributed by atoms with Crippen LogP contribution in [0.15, 0.2) is 72.9 Å². The van der Waals surface area contributed by atoms with Gasteiger partial charge in [-0.3, -0.25) is 19.4 Å². The highest BCUT2D eigenvalue weighted by atomic mass is 16.6. The summed E-state index contributed by atoms with van der Waals surface area (Å²) < 4.78 is 5.36. The minimum atomic E-state index is -0.972. The third-order valence-electron chi connectivity index (χ3n) is 7.74. The summed E-state index contributed by atoms with van der Waals surface area (Å²) in [6.07, 6.45) is 5.14. The number of para-hydroxylation sites is 1. The SMILES string of the molecule is CN(C(=O)[C@@H](Cc1c[nH]c2ccccc12)NC(=O)/C=C/CC(C)(C)NC(=O)OC(C)(C)C)[C@H](Cc1ccccc1)C(=O)N(C)N(C)C. The van der Waals surface area contributed by atoms with E-state index in [0.29, 0.717) is 12.8 Å². The Morgan fingerprint density at radius 1 is 0.872 bits per heavy atom. The summed E-state index contributed by atoms with van der Waals surface area (Å²) in [5.41, 5.74) is 1.35. The van der Waals surface area contributed by atoms with Gasteiger partial charge in [0.05, 0.1) is 0 Å². The first-order valence-electron chi connectivity index (χ1n) is 15.8. The van der Waals surface area contributed by atoms with Crippen LogP contribution in [0.4, 0.5) is 4.79 Å². The van der Waals surface area contributed by atoms with Crippen LogP contribution in [-0.2, 0) is 32.0 Å². The van der Waals surface area contributed by atoms with Crippen LogP contribution < -0.4 is 10.6 Å². The van der Waals surface area contributed by atoms with Gasteiger partial charge in [0.25, 0.3) is 5.91 Å². The molecule has 0 unspecified atom stereocenters. The maximum atomic E-state index is 14.3. The number of fused-ring (bicyclic) bond motifs is 1. The predicted octanol–water partition coefficient (Wildman–Crippen LogP) is 4.45. The monoisotopic (exact) mass is 646 g/mol. The van der Waals surface area contributed by atoms with Crippen molar-refractivity contribution >= 4 is 34.7 Å². The van der Waals surface area contributed by atoms with Gasteiger partial charge in [-0.05, 0) is 64.3 Å². The first kappa shape index (κ1) is 36.8. The molecule has 1 aromatic heterocycles. The Labute approximate surface area is 278 Å². The number of benzene rings is 2. The highest BCUT2D eigenvalue weighted by molar-refractivity contribution is 5.95. The van der Waals surface area contributed by atoms with E-state index in [1.165, 1.54) is 16.0 Å². The molecule has 11 heteroatoms. The molecule has 11 nitrogen and oxygen atoms in total. The van der Waals surface area contributed by atoms with E-state index in [4.69, 9.17) is 4.74 Å². The number of aromatic nitrogens is 1. The molecule has 0 saturated carbocycles. The summed E-state index contributed by atoms with van der Waals surface area (Å²) in [6.45, 7) is 9.01. The smallest absolute Gasteiger partial charge is 0.408 e. The number of rotatable bonds is 13. The zero-order valence-corrected chi connectivity index (χ0v) is 29.1. The molecule has 0 radical (unpaired) electrons. The number of carbonyl (C=O) groups excluding carboxylic acids is 4. The van der Waals surface area contributed by atoms with Crippen LogP contribution in [-0.4, -0.2) is 95.1 Å². The van der Waals surface area contributed by atoms with Crippen molar-refractivity contribution < 1.29 is 23.9 Å². The Morgan fingerprint density at radius 3 is 2.15 bits per heavy atom. The molecule has 2 aromatic carbocycles. The van der Waals surface area contributed by atoms with E-state index < -0.39 is 41.1 Å². The number of aromatic amines is 1. The number of ether oxygens (including phenoxy) is 1. The summed E-state index contributed by atoms with van der Waals surface area (Å²) in [6, 6.07) is 15.5. The fourth-order valence-electron chi connectivity index (χ4n) is 5.07. The molecule has 0 spiro atoms. The quantitative estimate of drug-likeness (QED) is 0.186. The molecule has 0 aliphatic carbocycles. The zero-order valence-electron chi connectivity index (χ0n) is 29.1. The molecule has 3 rings (SSSR count). The molecule has 0 bridgehead atoms. The van der Waals surface area contributed by atoms with Crippen LogP contribution in [0.5, 0.6) is 0 Å². The number of carbonyl (C=O) groups is 4. The van der Waals surface area contributed by atoms with Gasteiger partial charge in [-0.1, -0.05) is 54.6 Å². The second kappa shape index (κ2) is 15.8. The lowest BCUT2D eigenvalue weighted by Gasteiger charge is -2.35. The molecular formula is C36H50N6O5. The number of hydrogen-bond acceptors (Lipinski definition) is 6. The number of hydrazine groups is 1. The van der Waals surface area contributed by atoms with Crippen LogP contribution in [0.3, 0.4) is 0 Å². The van der Waals surface area contributed by atoms with Gasteiger partial charge in [0.1, 0.15) is 17.7 Å². The van der Waals surface area contributed by atoms with Crippen LogP contribution in [0, 0.1) is 0 Å². The number of likely N-dealkylation sites (N-methyl/N-ethyl adjacent to an activating group) is 2. The molecule has 1 heterocycles. The minimum Gasteiger partial charge on any atom is -0.444 e. The molecule has 4 amide bonds. The molecule has 47 heavy (non-hydrogen) atoms. The third kappa shape index (κ3) is 11.0. The van der Waals surface area contributed by atoms with Crippen molar-refractivity contribution in [2.24, 2.45) is 0 Å². The second-order valence-corrected chi connectivity index (χ2v) is 13.6. The molecule has 3 N–H and O–H groups in total. The summed E-state index contributed by atoms with van der Waals surface area (Å²) in [7, 11) is 6.78. The van der Waals surface area contributed by atoms with Gasteiger partial charge in [-0.2, -0.15) is 0 Å². The second-order valence-electron chi connectivity index (χ2n) is 13.6. The van der Waals surface area contributed by atoms with E-state index in [-0.39, 0.29) is 12.3 Å². The molecule has 0 fully saturated rings. The number of nitrogens with one attached hydrogen (secondary N) is 3. The minimum absolute atomic E-state index is 0.203. The van der Waals surface area contributed by atoms with E-state index in [9.17, 15) is 19.2 Å². The normalized spacial score (nSPS) is 13.3. The maximum absolute atomic E-state index is 14.3. The van der Waals surface area contributed by atoms with E-state index >= 15 is 0 Å². The van der Waals surface area contributed by atoms with Crippen molar-refractivity contribution in [3.63, 3.8) is 0 Å². The zero-order chi connectivity index (χ0) is 34.9. The molecule has 3 aromatic rings. The molecule has 2 atom stereocenters. The molecule has 254 valence electrons. The van der Waals surface area contributed by atoms with Gasteiger partial charge >= 0.3 is 6.09 Å². The topological polar surface area (TPSA) is 127 Å². The summed E-state index contributed by atoms with van der Waals surface area (Å²) >= 11 is 0. The van der Waals surface area contributed by atoms with Crippen LogP contribution in [0.2, 0.25) is 0 Å². The van der Waals surface area contributed by atoms with E-state index in [2.05, 4.69) is 15.6 Å². The third-order valence-corrected chi connectivity index (χ3v) is 7.74. The van der Waals surface area contributed by atoms with Crippen molar-refractivity contribution in [1.82, 2.24) is 30.5 Å². The lowest BCUT2D eigenvalue weighted by molar-refractivity contribution is -0.153. The van der Waals surface area contributed by atoms with Crippen molar-refractivity contribution in [2.75, 3.05) is 28.2 Å². The summed E-state index contributed by atoms with van der Waals surface area (Å²) in [5.74, 6) is -1.13. The van der Waals surface area contributed by atoms with E-state index in [0.717, 1.165) is 22.0 Å². The number of hydrogen-bond donors (Lipinski definition) is 3. The van der Waals surface area contributed by atoms with Gasteiger partial charge in [-0.25, -0.2) is 9.80 Å². The fourth-order valence-corrected chi connectivity index (χ4v) is 5.07. The molecule has 0 saturated heterocycles. The first-order valence-corrected chi connectivity index (χ1v) is 15.8. The predicted molar refractivity (Wildman–Crippen MR) is 184 cm³/mol. The Hall–Kier alpha value is -4.64. The fraction of sp³-hybridized carbons (Fsp3) is 0.444. The van der Waals surface area contributed by atoms with E-state index in [1.807, 2.05) is 74.6 Å². The summed E-state index contributed by atoms with van der Waals surface area (Å²) in [4.78, 5) is 58.2. The van der Waals surface area contributed by atoms with E-state index in [1.54, 1.807) is 60.0 Å². The lowest BCUT2D eigenvalue weighted by Crippen LogP contribution is -2.57. The van der Waals surface area contributed by atoms with Crippen molar-refractivity contribution in [2.45, 2.75) is 77.1 Å². The number of alkyl carbamates (subject to hydrolysis) is 1. The Balaban J connectivity index is 1.86. The highest BCUT2D eigenvalue weighted by Crippen LogP contribution is 2.21. The van der Waals surface area contributed by atoms with Gasteiger partial charge in [0.15, 0.2) is 0 Å². The van der Waals surface area contributed by atoms with Gasteiger partial charge in [-0.15, -0.1) is 0 Å². The average Bonchev–Trinajstić information content (AvgIpc) is 3.39. The Morgan fingerprint density at radius 2 is 1.51 bits per heavy atom. The summed E-state index contributed by atoms with van der Waals surface area (Å²) in [5, 5.41) is 9.78. The standard InChI is InChI=1S/C36H50N6O5/c1-35(2,3)47-34(46)39-36(4,5)21-15-20-31(43)38-29(23-26-24-37-28-19-14-13-18-27(26)28)32(44)41(8)30(33(45)42(9)40(6)7)22-25-16-11-10-12-17-25/h10-20,24,29-30,37H,21-23H2,1-9H3,(H,38,43)(H,39,46)/b20-15+/t29-,30-/m1/s1. The first-order chi connectivity index (χ1) is 22.0. The number of H-pyrrole nitrogens is 1. The van der Waals surface area contributed by atoms with Crippen LogP contribution in [0.1, 0.15) is 52.2 Å². The largest absolute Gasteiger partial charge is 0.444 e. The van der Waals surface area contributed by atoms with Crippen molar-refractivity contribution in [1.29, 1.82) is 0 Å². The molecular weight excluding hydrogens is 596 g/mol. The number of nitrogens with zero attached hydrogens (tertiary/aromatic N) is 3. The Kier molecular flexibility index (Phi) is 12.4. The van der Waals surface area contributed by atoms with Gasteiger partial charge < -0.3 is 25.3 Å².